The lowest BCUT2D eigenvalue weighted by Crippen LogP contribution is -2.50. The molecule has 2 aliphatic rings. The number of urea groups is 1. The van der Waals surface area contributed by atoms with Gasteiger partial charge in [0, 0.05) is 49.9 Å². The number of carbonyl (C=O) groups excluding carboxylic acids is 2. The number of hydrogen-bond donors (Lipinski definition) is 2. The topological polar surface area (TPSA) is 79.3 Å². The number of fused-ring (bicyclic) bond motifs is 1. The second kappa shape index (κ2) is 9.45. The molecule has 3 amide bonds. The van der Waals surface area contributed by atoms with Crippen LogP contribution in [-0.4, -0.2) is 38.7 Å². The van der Waals surface area contributed by atoms with Crippen molar-refractivity contribution in [1.82, 2.24) is 25.3 Å². The summed E-state index contributed by atoms with van der Waals surface area (Å²) in [6.45, 7) is 7.60. The van der Waals surface area contributed by atoms with E-state index in [1.54, 1.807) is 6.20 Å². The van der Waals surface area contributed by atoms with Gasteiger partial charge in [-0.2, -0.15) is 5.10 Å². The average molecular weight is 486 g/mol. The molecule has 2 heterocycles. The fourth-order valence-corrected chi connectivity index (χ4v) is 5.22. The van der Waals surface area contributed by atoms with Gasteiger partial charge in [-0.05, 0) is 67.9 Å². The van der Waals surface area contributed by atoms with E-state index in [0.717, 1.165) is 35.2 Å². The molecule has 1 aromatic heterocycles. The Hall–Kier alpha value is -3.61. The number of hydrogen-bond acceptors (Lipinski definition) is 3. The highest BCUT2D eigenvalue weighted by atomic mass is 16.2. The zero-order chi connectivity index (χ0) is 25.4. The number of carbonyl (C=O) groups is 2. The van der Waals surface area contributed by atoms with Crippen molar-refractivity contribution in [2.45, 2.75) is 58.2 Å². The highest BCUT2D eigenvalue weighted by molar-refractivity contribution is 5.83. The lowest BCUT2D eigenvalue weighted by Gasteiger charge is -2.34. The first-order valence-electron chi connectivity index (χ1n) is 12.7. The van der Waals surface area contributed by atoms with Crippen molar-refractivity contribution in [3.8, 4) is 11.3 Å². The Bertz CT molecular complexity index is 1270. The van der Waals surface area contributed by atoms with E-state index >= 15 is 0 Å². The van der Waals surface area contributed by atoms with Crippen LogP contribution in [-0.2, 0) is 31.4 Å². The Morgan fingerprint density at radius 1 is 1.06 bits per heavy atom. The predicted octanol–water partition coefficient (Wildman–Crippen LogP) is 4.37. The summed E-state index contributed by atoms with van der Waals surface area (Å²) in [6, 6.07) is 16.4. The minimum absolute atomic E-state index is 0.0333. The van der Waals surface area contributed by atoms with Crippen LogP contribution in [0.15, 0.2) is 54.7 Å². The molecule has 5 rings (SSSR count). The molecule has 0 unspecified atom stereocenters. The lowest BCUT2D eigenvalue weighted by atomic mass is 9.89. The van der Waals surface area contributed by atoms with Gasteiger partial charge in [-0.25, -0.2) is 4.79 Å². The number of rotatable bonds is 5. The third kappa shape index (κ3) is 5.01. The van der Waals surface area contributed by atoms with E-state index in [2.05, 4.69) is 40.0 Å². The zero-order valence-electron chi connectivity index (χ0n) is 21.5. The molecule has 0 spiro atoms. The summed E-state index contributed by atoms with van der Waals surface area (Å²) in [5.41, 5.74) is 6.55. The van der Waals surface area contributed by atoms with Crippen LogP contribution in [0.4, 0.5) is 4.79 Å². The first kappa shape index (κ1) is 24.1. The van der Waals surface area contributed by atoms with E-state index in [4.69, 9.17) is 0 Å². The van der Waals surface area contributed by atoms with E-state index in [1.807, 2.05) is 61.7 Å². The minimum Gasteiger partial charge on any atom is -0.352 e. The van der Waals surface area contributed by atoms with Crippen LogP contribution < -0.4 is 10.6 Å². The molecule has 7 heteroatoms. The molecule has 1 saturated carbocycles. The average Bonchev–Trinajstić information content (AvgIpc) is 3.55. The number of benzene rings is 2. The quantitative estimate of drug-likeness (QED) is 0.563. The number of aromatic nitrogens is 2. The van der Waals surface area contributed by atoms with Gasteiger partial charge in [0.25, 0.3) is 0 Å². The van der Waals surface area contributed by atoms with E-state index in [9.17, 15) is 9.59 Å². The maximum atomic E-state index is 13.0. The summed E-state index contributed by atoms with van der Waals surface area (Å²) in [5, 5.41) is 10.6. The van der Waals surface area contributed by atoms with Crippen molar-refractivity contribution in [1.29, 1.82) is 0 Å². The number of aryl methyl sites for hydroxylation is 1. The van der Waals surface area contributed by atoms with E-state index in [1.165, 1.54) is 11.1 Å². The Morgan fingerprint density at radius 3 is 2.53 bits per heavy atom. The van der Waals surface area contributed by atoms with Gasteiger partial charge in [-0.15, -0.1) is 0 Å². The zero-order valence-corrected chi connectivity index (χ0v) is 21.5. The highest BCUT2D eigenvalue weighted by Gasteiger charge is 2.43. The molecule has 2 aromatic carbocycles. The van der Waals surface area contributed by atoms with Crippen molar-refractivity contribution < 1.29 is 9.59 Å². The molecular formula is C29H35N5O2. The maximum Gasteiger partial charge on any atom is 0.318 e. The molecule has 1 aliphatic carbocycles. The number of amides is 3. The SMILES string of the molecule is Cn1nccc1-c1ccc(CNC(=O)[C@@H]2C[C@H]2c2ccccc2)c2c1CCN(C(=O)NC(C)(C)C)C2. The van der Waals surface area contributed by atoms with Crippen LogP contribution in [0.1, 0.15) is 55.4 Å². The molecular weight excluding hydrogens is 450 g/mol. The molecule has 188 valence electrons. The maximum absolute atomic E-state index is 13.0. The Labute approximate surface area is 212 Å². The van der Waals surface area contributed by atoms with Crippen LogP contribution in [0.5, 0.6) is 0 Å². The van der Waals surface area contributed by atoms with Crippen molar-refractivity contribution in [2.75, 3.05) is 6.54 Å². The van der Waals surface area contributed by atoms with Gasteiger partial charge < -0.3 is 15.5 Å². The van der Waals surface area contributed by atoms with Crippen LogP contribution in [0.3, 0.4) is 0 Å². The second-order valence-electron chi connectivity index (χ2n) is 11.0. The van der Waals surface area contributed by atoms with Gasteiger partial charge >= 0.3 is 6.03 Å². The third-order valence-corrected chi connectivity index (χ3v) is 7.18. The van der Waals surface area contributed by atoms with Crippen LogP contribution in [0.2, 0.25) is 0 Å². The van der Waals surface area contributed by atoms with Gasteiger partial charge in [0.2, 0.25) is 5.91 Å². The third-order valence-electron chi connectivity index (χ3n) is 7.18. The van der Waals surface area contributed by atoms with E-state index in [0.29, 0.717) is 25.6 Å². The monoisotopic (exact) mass is 485 g/mol. The smallest absolute Gasteiger partial charge is 0.318 e. The first-order chi connectivity index (χ1) is 17.2. The van der Waals surface area contributed by atoms with E-state index in [-0.39, 0.29) is 23.4 Å². The number of nitrogens with one attached hydrogen (secondary N) is 2. The summed E-state index contributed by atoms with van der Waals surface area (Å²) in [4.78, 5) is 27.8. The highest BCUT2D eigenvalue weighted by Crippen LogP contribution is 2.47. The molecule has 36 heavy (non-hydrogen) atoms. The van der Waals surface area contributed by atoms with Gasteiger partial charge in [0.15, 0.2) is 0 Å². The predicted molar refractivity (Wildman–Crippen MR) is 140 cm³/mol. The summed E-state index contributed by atoms with van der Waals surface area (Å²) in [5.74, 6) is 0.446. The Morgan fingerprint density at radius 2 is 1.83 bits per heavy atom. The Kier molecular flexibility index (Phi) is 6.33. The molecule has 1 aliphatic heterocycles. The fourth-order valence-electron chi connectivity index (χ4n) is 5.22. The molecule has 1 fully saturated rings. The van der Waals surface area contributed by atoms with Gasteiger partial charge in [-0.1, -0.05) is 42.5 Å². The summed E-state index contributed by atoms with van der Waals surface area (Å²) in [6.07, 6.45) is 3.46. The van der Waals surface area contributed by atoms with Gasteiger partial charge in [-0.3, -0.25) is 9.48 Å². The molecule has 2 atom stereocenters. The largest absolute Gasteiger partial charge is 0.352 e. The first-order valence-corrected chi connectivity index (χ1v) is 12.7. The Balaban J connectivity index is 1.36. The standard InChI is InChI=1S/C29H35N5O2/c1-29(2,3)32-28(36)34-15-13-21-22(26-12-14-31-33(26)4)11-10-20(25(21)18-34)17-30-27(35)24-16-23(24)19-8-6-5-7-9-19/h5-12,14,23-24H,13,15-18H2,1-4H3,(H,30,35)(H,32,36)/t23-,24+/m0/s1. The summed E-state index contributed by atoms with van der Waals surface area (Å²) in [7, 11) is 1.94. The van der Waals surface area contributed by atoms with Crippen molar-refractivity contribution >= 4 is 11.9 Å². The molecule has 3 aromatic rings. The van der Waals surface area contributed by atoms with Crippen molar-refractivity contribution in [2.24, 2.45) is 13.0 Å². The fraction of sp³-hybridized carbons (Fsp3) is 0.414. The van der Waals surface area contributed by atoms with Gasteiger partial charge in [0.1, 0.15) is 0 Å². The van der Waals surface area contributed by atoms with Crippen molar-refractivity contribution in [3.63, 3.8) is 0 Å². The number of nitrogens with zero attached hydrogens (tertiary/aromatic N) is 3. The van der Waals surface area contributed by atoms with Crippen molar-refractivity contribution in [3.05, 3.63) is 77.0 Å². The molecule has 0 radical (unpaired) electrons. The van der Waals surface area contributed by atoms with Crippen LogP contribution >= 0.6 is 0 Å². The molecule has 0 bridgehead atoms. The molecule has 2 N–H and O–H groups in total. The van der Waals surface area contributed by atoms with Crippen LogP contribution in [0, 0.1) is 5.92 Å². The van der Waals surface area contributed by atoms with E-state index < -0.39 is 0 Å². The molecule has 7 nitrogen and oxygen atoms in total. The summed E-state index contributed by atoms with van der Waals surface area (Å²) >= 11 is 0. The second-order valence-corrected chi connectivity index (χ2v) is 11.0. The minimum atomic E-state index is -0.301. The lowest BCUT2D eigenvalue weighted by molar-refractivity contribution is -0.122. The summed E-state index contributed by atoms with van der Waals surface area (Å²) < 4.78 is 1.88. The molecule has 0 saturated heterocycles. The normalized spacial score (nSPS) is 18.9. The van der Waals surface area contributed by atoms with Crippen LogP contribution in [0.25, 0.3) is 11.3 Å². The van der Waals surface area contributed by atoms with Gasteiger partial charge in [0.05, 0.1) is 5.69 Å².